The third kappa shape index (κ3) is 7.24. The summed E-state index contributed by atoms with van der Waals surface area (Å²) in [4.78, 5) is 24.1. The number of ether oxygens (including phenoxy) is 4. The van der Waals surface area contributed by atoms with Crippen molar-refractivity contribution in [3.8, 4) is 23.0 Å². The van der Waals surface area contributed by atoms with Gasteiger partial charge in [0.1, 0.15) is 23.0 Å². The maximum atomic E-state index is 12.1. The van der Waals surface area contributed by atoms with E-state index in [0.717, 1.165) is 22.3 Å². The highest BCUT2D eigenvalue weighted by atomic mass is 16.5. The predicted octanol–water partition coefficient (Wildman–Crippen LogP) is 10.0. The van der Waals surface area contributed by atoms with Crippen LogP contribution in [0.5, 0.6) is 23.0 Å². The van der Waals surface area contributed by atoms with Crippen molar-refractivity contribution in [2.24, 2.45) is 0 Å². The van der Waals surface area contributed by atoms with Crippen molar-refractivity contribution in [1.29, 1.82) is 0 Å². The molecule has 0 atom stereocenters. The Bertz CT molecular complexity index is 1820. The van der Waals surface area contributed by atoms with Crippen molar-refractivity contribution in [1.82, 2.24) is 0 Å². The molecular formula is C43H36O6. The lowest BCUT2D eigenvalue weighted by molar-refractivity contribution is 0.0516. The zero-order valence-corrected chi connectivity index (χ0v) is 27.4. The van der Waals surface area contributed by atoms with Gasteiger partial charge in [-0.2, -0.15) is 0 Å². The van der Waals surface area contributed by atoms with Crippen LogP contribution in [0.2, 0.25) is 0 Å². The summed E-state index contributed by atoms with van der Waals surface area (Å²) in [7, 11) is 0. The molecule has 0 unspecified atom stereocenters. The van der Waals surface area contributed by atoms with Crippen LogP contribution in [0.15, 0.2) is 158 Å². The molecule has 49 heavy (non-hydrogen) atoms. The Balaban J connectivity index is 1.34. The van der Waals surface area contributed by atoms with Crippen LogP contribution in [0.3, 0.4) is 0 Å². The van der Waals surface area contributed by atoms with Gasteiger partial charge in [-0.05, 0) is 109 Å². The first-order chi connectivity index (χ1) is 24.0. The topological polar surface area (TPSA) is 71.1 Å². The summed E-state index contributed by atoms with van der Waals surface area (Å²) >= 11 is 0. The van der Waals surface area contributed by atoms with Crippen LogP contribution >= 0.6 is 0 Å². The molecule has 0 saturated carbocycles. The third-order valence-corrected chi connectivity index (χ3v) is 8.19. The first kappa shape index (κ1) is 32.8. The highest BCUT2D eigenvalue weighted by Crippen LogP contribution is 2.46. The minimum atomic E-state index is -0.665. The fourth-order valence-electron chi connectivity index (χ4n) is 5.94. The van der Waals surface area contributed by atoms with Crippen LogP contribution in [-0.2, 0) is 14.9 Å². The van der Waals surface area contributed by atoms with Crippen molar-refractivity contribution in [2.45, 2.75) is 19.3 Å². The second-order valence-corrected chi connectivity index (χ2v) is 11.2. The Hall–Kier alpha value is -6.14. The van der Waals surface area contributed by atoms with Crippen molar-refractivity contribution in [2.75, 3.05) is 13.2 Å². The SMILES string of the molecule is CCOC(=O)c1ccc(Oc2ccc(C(c3ccccc3)(c3ccccc3)c3ccc(Oc4ccc(C(=O)OCC)cc4)cc3)cc2)cc1. The molecule has 0 N–H and O–H groups in total. The molecule has 0 aliphatic carbocycles. The Labute approximate surface area is 286 Å². The van der Waals surface area contributed by atoms with Crippen LogP contribution in [0, 0.1) is 0 Å². The second-order valence-electron chi connectivity index (χ2n) is 11.2. The van der Waals surface area contributed by atoms with Crippen molar-refractivity contribution >= 4 is 11.9 Å². The summed E-state index contributed by atoms with van der Waals surface area (Å²) in [5.41, 5.74) is 4.60. The maximum absolute atomic E-state index is 12.1. The third-order valence-electron chi connectivity index (χ3n) is 8.19. The van der Waals surface area contributed by atoms with Gasteiger partial charge >= 0.3 is 11.9 Å². The van der Waals surface area contributed by atoms with Gasteiger partial charge in [-0.3, -0.25) is 0 Å². The average Bonchev–Trinajstić information content (AvgIpc) is 3.15. The van der Waals surface area contributed by atoms with E-state index in [1.165, 1.54) is 0 Å². The molecular weight excluding hydrogens is 612 g/mol. The zero-order chi connectivity index (χ0) is 34.1. The highest BCUT2D eigenvalue weighted by Gasteiger charge is 2.38. The lowest BCUT2D eigenvalue weighted by Crippen LogP contribution is -2.30. The van der Waals surface area contributed by atoms with Gasteiger partial charge < -0.3 is 18.9 Å². The van der Waals surface area contributed by atoms with Gasteiger partial charge in [0.25, 0.3) is 0 Å². The molecule has 6 nitrogen and oxygen atoms in total. The van der Waals surface area contributed by atoms with Gasteiger partial charge in [-0.15, -0.1) is 0 Å². The lowest BCUT2D eigenvalue weighted by atomic mass is 9.65. The summed E-state index contributed by atoms with van der Waals surface area (Å²) in [6.45, 7) is 4.21. The van der Waals surface area contributed by atoms with Crippen molar-refractivity contribution < 1.29 is 28.5 Å². The quantitative estimate of drug-likeness (QED) is 0.0972. The molecule has 0 radical (unpaired) electrons. The zero-order valence-electron chi connectivity index (χ0n) is 27.4. The molecule has 6 heteroatoms. The molecule has 0 aliphatic rings. The molecule has 0 spiro atoms. The molecule has 0 aliphatic heterocycles. The Morgan fingerprint density at radius 1 is 0.408 bits per heavy atom. The molecule has 0 fully saturated rings. The summed E-state index contributed by atoms with van der Waals surface area (Å²) in [5, 5.41) is 0. The summed E-state index contributed by atoms with van der Waals surface area (Å²) in [6.07, 6.45) is 0. The van der Waals surface area contributed by atoms with Gasteiger partial charge in [-0.25, -0.2) is 9.59 Å². The largest absolute Gasteiger partial charge is 0.462 e. The molecule has 0 heterocycles. The van der Waals surface area contributed by atoms with Crippen LogP contribution in [0.1, 0.15) is 56.8 Å². The second kappa shape index (κ2) is 15.2. The fourth-order valence-corrected chi connectivity index (χ4v) is 5.94. The number of carbonyl (C=O) groups excluding carboxylic acids is 2. The standard InChI is InChI=1S/C43H36O6/c1-3-46-41(44)31-15-23-37(24-16-31)48-39-27-19-35(20-28-39)43(33-11-7-5-8-12-33,34-13-9-6-10-14-34)36-21-29-40(30-22-36)49-38-25-17-32(18-26-38)42(45)47-4-2/h5-30H,3-4H2,1-2H3. The summed E-state index contributed by atoms with van der Waals surface area (Å²) in [5.74, 6) is 1.84. The van der Waals surface area contributed by atoms with Crippen molar-refractivity contribution in [3.05, 3.63) is 191 Å². The van der Waals surface area contributed by atoms with Crippen molar-refractivity contribution in [3.63, 3.8) is 0 Å². The van der Waals surface area contributed by atoms with Crippen LogP contribution in [0.25, 0.3) is 0 Å². The van der Waals surface area contributed by atoms with Gasteiger partial charge in [0.05, 0.1) is 29.8 Å². The smallest absolute Gasteiger partial charge is 0.338 e. The van der Waals surface area contributed by atoms with E-state index < -0.39 is 5.41 Å². The van der Waals surface area contributed by atoms with Gasteiger partial charge in [0, 0.05) is 0 Å². The number of rotatable bonds is 12. The predicted molar refractivity (Wildman–Crippen MR) is 190 cm³/mol. The average molecular weight is 649 g/mol. The van der Waals surface area contributed by atoms with Crippen LogP contribution < -0.4 is 9.47 Å². The van der Waals surface area contributed by atoms with Gasteiger partial charge in [0.15, 0.2) is 0 Å². The fraction of sp³-hybridized carbons (Fsp3) is 0.116. The highest BCUT2D eigenvalue weighted by molar-refractivity contribution is 5.90. The number of hydrogen-bond acceptors (Lipinski definition) is 6. The Morgan fingerprint density at radius 3 is 1.00 bits per heavy atom. The normalized spacial score (nSPS) is 11.0. The molecule has 0 aromatic heterocycles. The van der Waals surface area contributed by atoms with E-state index in [2.05, 4.69) is 72.8 Å². The minimum absolute atomic E-state index is 0.322. The number of hydrogen-bond donors (Lipinski definition) is 0. The monoisotopic (exact) mass is 648 g/mol. The van der Waals surface area contributed by atoms with E-state index >= 15 is 0 Å². The molecule has 0 amide bonds. The van der Waals surface area contributed by atoms with E-state index in [1.807, 2.05) is 36.4 Å². The summed E-state index contributed by atoms with van der Waals surface area (Å²) in [6, 6.07) is 50.9. The molecule has 6 aromatic carbocycles. The number of benzene rings is 6. The Kier molecular flexibility index (Phi) is 10.2. The van der Waals surface area contributed by atoms with E-state index in [9.17, 15) is 9.59 Å². The molecule has 244 valence electrons. The molecule has 6 aromatic rings. The first-order valence-electron chi connectivity index (χ1n) is 16.2. The Morgan fingerprint density at radius 2 is 0.694 bits per heavy atom. The van der Waals surface area contributed by atoms with Crippen LogP contribution in [-0.4, -0.2) is 25.2 Å². The van der Waals surface area contributed by atoms with E-state index in [0.29, 0.717) is 47.3 Å². The first-order valence-corrected chi connectivity index (χ1v) is 16.2. The maximum Gasteiger partial charge on any atom is 0.338 e. The number of esters is 2. The van der Waals surface area contributed by atoms with Gasteiger partial charge in [0.2, 0.25) is 0 Å². The molecule has 0 bridgehead atoms. The van der Waals surface area contributed by atoms with E-state index in [4.69, 9.17) is 18.9 Å². The molecule has 6 rings (SSSR count). The van der Waals surface area contributed by atoms with E-state index in [1.54, 1.807) is 62.4 Å². The van der Waals surface area contributed by atoms with Gasteiger partial charge in [-0.1, -0.05) is 84.9 Å². The number of carbonyl (C=O) groups is 2. The lowest BCUT2D eigenvalue weighted by Gasteiger charge is -2.37. The molecule has 0 saturated heterocycles. The van der Waals surface area contributed by atoms with E-state index in [-0.39, 0.29) is 11.9 Å². The summed E-state index contributed by atoms with van der Waals surface area (Å²) < 4.78 is 22.5. The van der Waals surface area contributed by atoms with Crippen LogP contribution in [0.4, 0.5) is 0 Å². The minimum Gasteiger partial charge on any atom is -0.462 e.